The lowest BCUT2D eigenvalue weighted by Crippen LogP contribution is -2.41. The molecule has 0 aliphatic rings. The molecule has 1 aromatic heterocycles. The molecule has 0 spiro atoms. The van der Waals surface area contributed by atoms with E-state index in [1.807, 2.05) is 30.8 Å². The van der Waals surface area contributed by atoms with Crippen molar-refractivity contribution >= 4 is 5.95 Å². The van der Waals surface area contributed by atoms with Gasteiger partial charge in [-0.3, -0.25) is 0 Å². The highest BCUT2D eigenvalue weighted by Crippen LogP contribution is 2.11. The van der Waals surface area contributed by atoms with Gasteiger partial charge in [-0.05, 0) is 41.5 Å². The number of nitrogens with one attached hydrogen (secondary N) is 1. The molecule has 0 radical (unpaired) electrons. The fourth-order valence-electron chi connectivity index (χ4n) is 1.66. The molecule has 0 bridgehead atoms. The minimum absolute atomic E-state index is 0.0505. The Kier molecular flexibility index (Phi) is 4.03. The van der Waals surface area contributed by atoms with Gasteiger partial charge in [0, 0.05) is 26.7 Å². The van der Waals surface area contributed by atoms with E-state index in [1.165, 1.54) is 0 Å². The van der Waals surface area contributed by atoms with Crippen molar-refractivity contribution in [3.63, 3.8) is 0 Å². The summed E-state index contributed by atoms with van der Waals surface area (Å²) in [5.41, 5.74) is 0.625. The summed E-state index contributed by atoms with van der Waals surface area (Å²) >= 11 is 0. The summed E-state index contributed by atoms with van der Waals surface area (Å²) in [6.45, 7) is 12.6. The van der Waals surface area contributed by atoms with Crippen molar-refractivity contribution in [3.8, 4) is 0 Å². The predicted molar refractivity (Wildman–Crippen MR) is 80.0 cm³/mol. The molecule has 0 fully saturated rings. The van der Waals surface area contributed by atoms with Crippen LogP contribution in [0.2, 0.25) is 0 Å². The molecule has 1 rings (SSSR count). The summed E-state index contributed by atoms with van der Waals surface area (Å²) in [4.78, 5) is 4.74. The van der Waals surface area contributed by atoms with Crippen molar-refractivity contribution < 1.29 is 0 Å². The summed E-state index contributed by atoms with van der Waals surface area (Å²) in [5.74, 6) is 0.794. The highest BCUT2D eigenvalue weighted by atomic mass is 15.6. The molecule has 0 aliphatic carbocycles. The van der Waals surface area contributed by atoms with Crippen LogP contribution >= 0.6 is 0 Å². The SMILES string of the molecule is CN(C)n1c(NC(C)(C)C)nn(C)c1=NC(C)(C)C. The second-order valence-corrected chi connectivity index (χ2v) is 7.06. The molecule has 0 unspecified atom stereocenters. The molecule has 6 heteroatoms. The number of aryl methyl sites for hydroxylation is 1. The third-order valence-corrected chi connectivity index (χ3v) is 2.25. The highest BCUT2D eigenvalue weighted by Gasteiger charge is 2.19. The van der Waals surface area contributed by atoms with Gasteiger partial charge in [-0.15, -0.1) is 5.10 Å². The van der Waals surface area contributed by atoms with Crippen molar-refractivity contribution in [3.05, 3.63) is 5.62 Å². The summed E-state index contributed by atoms with van der Waals surface area (Å²) < 4.78 is 3.79. The topological polar surface area (TPSA) is 50.4 Å². The van der Waals surface area contributed by atoms with Gasteiger partial charge in [0.25, 0.3) is 0 Å². The highest BCUT2D eigenvalue weighted by molar-refractivity contribution is 5.29. The van der Waals surface area contributed by atoms with Gasteiger partial charge in [-0.2, -0.15) is 4.68 Å². The Morgan fingerprint density at radius 3 is 2.00 bits per heavy atom. The quantitative estimate of drug-likeness (QED) is 0.880. The third-order valence-electron chi connectivity index (χ3n) is 2.25. The smallest absolute Gasteiger partial charge is 0.244 e. The zero-order valence-electron chi connectivity index (χ0n) is 13.7. The molecule has 1 N–H and O–H groups in total. The standard InChI is InChI=1S/C13H28N6/c1-12(2,3)14-10-16-18(9)11(15-13(4,5)6)19(10)17(7)8/h1-9H3,(H,14,16). The van der Waals surface area contributed by atoms with Crippen LogP contribution in [0.3, 0.4) is 0 Å². The molecule has 0 aromatic carbocycles. The zero-order chi connectivity index (χ0) is 15.0. The van der Waals surface area contributed by atoms with Crippen LogP contribution in [0.25, 0.3) is 0 Å². The lowest BCUT2D eigenvalue weighted by molar-refractivity contribution is 0.518. The van der Waals surface area contributed by atoms with E-state index in [0.717, 1.165) is 11.6 Å². The van der Waals surface area contributed by atoms with Crippen LogP contribution in [0.4, 0.5) is 5.95 Å². The molecular weight excluding hydrogens is 240 g/mol. The van der Waals surface area contributed by atoms with Gasteiger partial charge in [0.05, 0.1) is 5.54 Å². The Balaban J connectivity index is 3.46. The molecule has 0 saturated carbocycles. The normalized spacial score (nSPS) is 13.8. The van der Waals surface area contributed by atoms with Crippen LogP contribution < -0.4 is 15.9 Å². The van der Waals surface area contributed by atoms with Crippen LogP contribution in [-0.4, -0.2) is 39.6 Å². The van der Waals surface area contributed by atoms with E-state index in [4.69, 9.17) is 4.99 Å². The van der Waals surface area contributed by atoms with Gasteiger partial charge in [0.15, 0.2) is 0 Å². The van der Waals surface area contributed by atoms with Crippen molar-refractivity contribution in [2.24, 2.45) is 12.0 Å². The first kappa shape index (κ1) is 15.6. The van der Waals surface area contributed by atoms with E-state index < -0.39 is 0 Å². The Hall–Kier alpha value is -1.46. The maximum absolute atomic E-state index is 4.74. The lowest BCUT2D eigenvalue weighted by atomic mass is 10.1. The van der Waals surface area contributed by atoms with E-state index in [9.17, 15) is 0 Å². The maximum Gasteiger partial charge on any atom is 0.244 e. The Morgan fingerprint density at radius 1 is 1.11 bits per heavy atom. The number of anilines is 1. The van der Waals surface area contributed by atoms with Crippen molar-refractivity contribution in [1.29, 1.82) is 0 Å². The number of aromatic nitrogens is 3. The van der Waals surface area contributed by atoms with Gasteiger partial charge in [0.1, 0.15) is 0 Å². The minimum atomic E-state index is -0.148. The maximum atomic E-state index is 4.74. The molecule has 0 aliphatic heterocycles. The second kappa shape index (κ2) is 4.90. The van der Waals surface area contributed by atoms with Gasteiger partial charge in [-0.25, -0.2) is 9.67 Å². The molecule has 0 saturated heterocycles. The first-order chi connectivity index (χ1) is 8.41. The van der Waals surface area contributed by atoms with Crippen molar-refractivity contribution in [2.75, 3.05) is 24.4 Å². The van der Waals surface area contributed by atoms with E-state index in [1.54, 1.807) is 4.68 Å². The van der Waals surface area contributed by atoms with Gasteiger partial charge >= 0.3 is 0 Å². The fourth-order valence-corrected chi connectivity index (χ4v) is 1.66. The molecule has 1 heterocycles. The van der Waals surface area contributed by atoms with Gasteiger partial charge < -0.3 is 10.3 Å². The zero-order valence-corrected chi connectivity index (χ0v) is 13.7. The summed E-state index contributed by atoms with van der Waals surface area (Å²) in [7, 11) is 5.88. The van der Waals surface area contributed by atoms with E-state index in [0.29, 0.717) is 0 Å². The molecular formula is C13H28N6. The van der Waals surface area contributed by atoms with Crippen LogP contribution in [0.15, 0.2) is 4.99 Å². The first-order valence-electron chi connectivity index (χ1n) is 6.58. The molecule has 19 heavy (non-hydrogen) atoms. The van der Waals surface area contributed by atoms with Gasteiger partial charge in [-0.1, -0.05) is 0 Å². The van der Waals surface area contributed by atoms with Crippen LogP contribution in [0.1, 0.15) is 41.5 Å². The molecule has 110 valence electrons. The average Bonchev–Trinajstić information content (AvgIpc) is 2.36. The van der Waals surface area contributed by atoms with Crippen molar-refractivity contribution in [2.45, 2.75) is 52.6 Å². The Morgan fingerprint density at radius 2 is 1.63 bits per heavy atom. The monoisotopic (exact) mass is 268 g/mol. The lowest BCUT2D eigenvalue weighted by Gasteiger charge is -2.24. The van der Waals surface area contributed by atoms with Crippen LogP contribution in [-0.2, 0) is 7.05 Å². The van der Waals surface area contributed by atoms with E-state index >= 15 is 0 Å². The van der Waals surface area contributed by atoms with Crippen LogP contribution in [0, 0.1) is 0 Å². The van der Waals surface area contributed by atoms with Gasteiger partial charge in [0.2, 0.25) is 11.6 Å². The third kappa shape index (κ3) is 4.29. The second-order valence-electron chi connectivity index (χ2n) is 7.06. The Labute approximate surface area is 116 Å². The first-order valence-corrected chi connectivity index (χ1v) is 6.58. The fraction of sp³-hybridized carbons (Fsp3) is 0.846. The average molecular weight is 268 g/mol. The molecule has 0 atom stereocenters. The molecule has 6 nitrogen and oxygen atoms in total. The number of rotatable bonds is 2. The van der Waals surface area contributed by atoms with E-state index in [-0.39, 0.29) is 11.1 Å². The largest absolute Gasteiger partial charge is 0.348 e. The summed E-state index contributed by atoms with van der Waals surface area (Å²) in [6.07, 6.45) is 0. The number of nitrogens with zero attached hydrogens (tertiary/aromatic N) is 5. The molecule has 0 amide bonds. The van der Waals surface area contributed by atoms with Crippen LogP contribution in [0.5, 0.6) is 0 Å². The van der Waals surface area contributed by atoms with Crippen molar-refractivity contribution in [1.82, 2.24) is 14.5 Å². The number of hydrogen-bond donors (Lipinski definition) is 1. The summed E-state index contributed by atoms with van der Waals surface area (Å²) in [6, 6.07) is 0. The predicted octanol–water partition coefficient (Wildman–Crippen LogP) is 1.33. The Bertz CT molecular complexity index is 493. The number of hydrogen-bond acceptors (Lipinski definition) is 4. The minimum Gasteiger partial charge on any atom is -0.348 e. The molecule has 1 aromatic rings. The summed E-state index contributed by atoms with van der Waals surface area (Å²) in [5, 5.41) is 9.92. The van der Waals surface area contributed by atoms with E-state index in [2.05, 4.69) is 52.0 Å².